The number of aromatic nitrogens is 1. The fourth-order valence-electron chi connectivity index (χ4n) is 3.56. The van der Waals surface area contributed by atoms with Gasteiger partial charge in [-0.15, -0.1) is 0 Å². The summed E-state index contributed by atoms with van der Waals surface area (Å²) in [7, 11) is 0. The van der Waals surface area contributed by atoms with Crippen LogP contribution in [-0.2, 0) is 10.2 Å². The number of fused-ring (bicyclic) bond motifs is 2. The molecule has 1 N–H and O–H groups in total. The number of hydrogen-bond donors (Lipinski definition) is 1. The topological polar surface area (TPSA) is 45.2 Å². The molecule has 1 spiro atoms. The average molecular weight is 279 g/mol. The number of nitrogens with one attached hydrogen (secondary N) is 1. The lowest BCUT2D eigenvalue weighted by atomic mass is 9.74. The van der Waals surface area contributed by atoms with Crippen molar-refractivity contribution in [3.05, 3.63) is 54.2 Å². The zero-order valence-electron chi connectivity index (χ0n) is 11.7. The van der Waals surface area contributed by atoms with Crippen LogP contribution in [0.2, 0.25) is 0 Å². The van der Waals surface area contributed by atoms with Crippen LogP contribution >= 0.6 is 0 Å². The van der Waals surface area contributed by atoms with Gasteiger partial charge in [-0.05, 0) is 49.7 Å². The molecule has 1 aromatic carbocycles. The number of hydrogen-bond acceptors (Lipinski definition) is 3. The predicted molar refractivity (Wildman–Crippen MR) is 81.6 cm³/mol. The van der Waals surface area contributed by atoms with Gasteiger partial charge in [0.05, 0.1) is 11.1 Å². The first-order valence-corrected chi connectivity index (χ1v) is 7.39. The smallest absolute Gasteiger partial charge is 0.243 e. The quantitative estimate of drug-likeness (QED) is 0.871. The summed E-state index contributed by atoms with van der Waals surface area (Å²) in [6, 6.07) is 13.8. The molecule has 2 aliphatic rings. The molecular weight excluding hydrogens is 262 g/mol. The Balaban J connectivity index is 1.89. The lowest BCUT2D eigenvalue weighted by molar-refractivity contribution is -0.123. The van der Waals surface area contributed by atoms with Crippen LogP contribution in [0.3, 0.4) is 0 Å². The molecule has 0 unspecified atom stereocenters. The highest BCUT2D eigenvalue weighted by molar-refractivity contribution is 6.12. The lowest BCUT2D eigenvalue weighted by Crippen LogP contribution is -2.46. The van der Waals surface area contributed by atoms with Crippen molar-refractivity contribution >= 4 is 17.4 Å². The molecule has 0 aliphatic carbocycles. The minimum absolute atomic E-state index is 0.170. The van der Waals surface area contributed by atoms with Crippen LogP contribution in [0.25, 0.3) is 0 Å². The van der Waals surface area contributed by atoms with Crippen molar-refractivity contribution in [2.75, 3.05) is 18.0 Å². The molecule has 3 heterocycles. The molecule has 1 amide bonds. The molecule has 0 saturated carbocycles. The maximum atomic E-state index is 13.2. The van der Waals surface area contributed by atoms with E-state index in [1.165, 1.54) is 0 Å². The zero-order valence-corrected chi connectivity index (χ0v) is 11.7. The molecule has 0 bridgehead atoms. The minimum Gasteiger partial charge on any atom is -0.317 e. The van der Waals surface area contributed by atoms with Crippen molar-refractivity contribution in [2.24, 2.45) is 0 Å². The van der Waals surface area contributed by atoms with E-state index in [1.54, 1.807) is 11.1 Å². The summed E-state index contributed by atoms with van der Waals surface area (Å²) < 4.78 is 0. The second-order valence-electron chi connectivity index (χ2n) is 5.68. The van der Waals surface area contributed by atoms with Crippen molar-refractivity contribution < 1.29 is 4.79 Å². The van der Waals surface area contributed by atoms with Gasteiger partial charge in [-0.3, -0.25) is 9.69 Å². The second kappa shape index (κ2) is 4.67. The lowest BCUT2D eigenvalue weighted by Gasteiger charge is -2.32. The number of anilines is 2. The fourth-order valence-corrected chi connectivity index (χ4v) is 3.56. The summed E-state index contributed by atoms with van der Waals surface area (Å²) in [5, 5.41) is 3.36. The number of nitrogens with zero attached hydrogens (tertiary/aromatic N) is 2. The summed E-state index contributed by atoms with van der Waals surface area (Å²) >= 11 is 0. The maximum Gasteiger partial charge on any atom is 0.243 e. The van der Waals surface area contributed by atoms with Crippen molar-refractivity contribution in [3.8, 4) is 0 Å². The summed E-state index contributed by atoms with van der Waals surface area (Å²) in [4.78, 5) is 19.4. The van der Waals surface area contributed by atoms with Crippen LogP contribution in [0.4, 0.5) is 11.5 Å². The molecule has 2 aromatic rings. The molecule has 0 radical (unpaired) electrons. The van der Waals surface area contributed by atoms with Crippen LogP contribution in [0, 0.1) is 0 Å². The van der Waals surface area contributed by atoms with E-state index in [1.807, 2.05) is 36.4 Å². The standard InChI is InChI=1S/C17H17N3O/c21-16-17(8-11-18-12-9-17)13-5-1-2-6-14(13)20(16)15-7-3-4-10-19-15/h1-7,10,18H,8-9,11-12H2. The SMILES string of the molecule is O=C1N(c2ccccn2)c2ccccc2C12CCNCC2. The van der Waals surface area contributed by atoms with Crippen LogP contribution in [0.1, 0.15) is 18.4 Å². The Bertz CT molecular complexity index is 677. The molecule has 1 saturated heterocycles. The van der Waals surface area contributed by atoms with Gasteiger partial charge in [0, 0.05) is 6.20 Å². The Morgan fingerprint density at radius 1 is 1.05 bits per heavy atom. The third kappa shape index (κ3) is 1.72. The molecule has 4 rings (SSSR count). The number of benzene rings is 1. The highest BCUT2D eigenvalue weighted by atomic mass is 16.2. The van der Waals surface area contributed by atoms with E-state index in [0.717, 1.165) is 37.2 Å². The average Bonchev–Trinajstić information content (AvgIpc) is 2.79. The number of carbonyl (C=O) groups is 1. The molecule has 106 valence electrons. The first kappa shape index (κ1) is 12.5. The number of carbonyl (C=O) groups excluding carboxylic acids is 1. The van der Waals surface area contributed by atoms with E-state index < -0.39 is 0 Å². The largest absolute Gasteiger partial charge is 0.317 e. The van der Waals surface area contributed by atoms with Crippen LogP contribution in [0.15, 0.2) is 48.7 Å². The Morgan fingerprint density at radius 2 is 1.81 bits per heavy atom. The third-order valence-electron chi connectivity index (χ3n) is 4.61. The first-order chi connectivity index (χ1) is 10.3. The summed E-state index contributed by atoms with van der Waals surface area (Å²) in [6.07, 6.45) is 3.44. The van der Waals surface area contributed by atoms with Gasteiger partial charge in [-0.25, -0.2) is 4.98 Å². The number of amides is 1. The van der Waals surface area contributed by atoms with E-state index in [4.69, 9.17) is 0 Å². The maximum absolute atomic E-state index is 13.2. The molecule has 1 fully saturated rings. The van der Waals surface area contributed by atoms with Gasteiger partial charge in [0.1, 0.15) is 5.82 Å². The number of rotatable bonds is 1. The summed E-state index contributed by atoms with van der Waals surface area (Å²) in [5.74, 6) is 0.884. The number of para-hydroxylation sites is 1. The molecule has 21 heavy (non-hydrogen) atoms. The molecule has 4 heteroatoms. The van der Waals surface area contributed by atoms with Gasteiger partial charge < -0.3 is 5.32 Å². The van der Waals surface area contributed by atoms with E-state index in [2.05, 4.69) is 16.4 Å². The van der Waals surface area contributed by atoms with Crippen molar-refractivity contribution in [1.29, 1.82) is 0 Å². The Labute approximate surface area is 123 Å². The number of pyridine rings is 1. The summed E-state index contributed by atoms with van der Waals surface area (Å²) in [5.41, 5.74) is 1.77. The highest BCUT2D eigenvalue weighted by Crippen LogP contribution is 2.49. The van der Waals surface area contributed by atoms with Gasteiger partial charge in [0.2, 0.25) is 5.91 Å². The van der Waals surface area contributed by atoms with E-state index in [-0.39, 0.29) is 11.3 Å². The highest BCUT2D eigenvalue weighted by Gasteiger charge is 2.51. The van der Waals surface area contributed by atoms with Gasteiger partial charge in [-0.1, -0.05) is 24.3 Å². The molecular formula is C17H17N3O. The van der Waals surface area contributed by atoms with Gasteiger partial charge >= 0.3 is 0 Å². The van der Waals surface area contributed by atoms with Gasteiger partial charge in [0.15, 0.2) is 0 Å². The van der Waals surface area contributed by atoms with E-state index in [0.29, 0.717) is 5.82 Å². The van der Waals surface area contributed by atoms with E-state index >= 15 is 0 Å². The van der Waals surface area contributed by atoms with Crippen molar-refractivity contribution in [2.45, 2.75) is 18.3 Å². The predicted octanol–water partition coefficient (Wildman–Crippen LogP) is 2.38. The molecule has 2 aliphatic heterocycles. The Kier molecular flexibility index (Phi) is 2.79. The van der Waals surface area contributed by atoms with Crippen LogP contribution in [-0.4, -0.2) is 24.0 Å². The van der Waals surface area contributed by atoms with Gasteiger partial charge in [0.25, 0.3) is 0 Å². The van der Waals surface area contributed by atoms with Crippen molar-refractivity contribution in [1.82, 2.24) is 10.3 Å². The fraction of sp³-hybridized carbons (Fsp3) is 0.294. The third-order valence-corrected chi connectivity index (χ3v) is 4.61. The molecule has 4 nitrogen and oxygen atoms in total. The zero-order chi connectivity index (χ0) is 14.3. The molecule has 1 aromatic heterocycles. The number of piperidine rings is 1. The second-order valence-corrected chi connectivity index (χ2v) is 5.68. The summed E-state index contributed by atoms with van der Waals surface area (Å²) in [6.45, 7) is 1.77. The first-order valence-electron chi connectivity index (χ1n) is 7.39. The van der Waals surface area contributed by atoms with Crippen LogP contribution < -0.4 is 10.2 Å². The van der Waals surface area contributed by atoms with E-state index in [9.17, 15) is 4.79 Å². The van der Waals surface area contributed by atoms with Crippen LogP contribution in [0.5, 0.6) is 0 Å². The molecule has 0 atom stereocenters. The van der Waals surface area contributed by atoms with Gasteiger partial charge in [-0.2, -0.15) is 0 Å². The monoisotopic (exact) mass is 279 g/mol. The Hall–Kier alpha value is -2.20. The Morgan fingerprint density at radius 3 is 2.57 bits per heavy atom. The van der Waals surface area contributed by atoms with Crippen molar-refractivity contribution in [3.63, 3.8) is 0 Å². The normalized spacial score (nSPS) is 19.8. The minimum atomic E-state index is -0.376.